The van der Waals surface area contributed by atoms with Crippen LogP contribution < -0.4 is 11.3 Å². The minimum absolute atomic E-state index is 0.0589. The lowest BCUT2D eigenvalue weighted by Gasteiger charge is -2.07. The normalized spacial score (nSPS) is 10.7. The number of aryl methyl sites for hydroxylation is 1. The van der Waals surface area contributed by atoms with Crippen LogP contribution in [-0.4, -0.2) is 4.98 Å². The van der Waals surface area contributed by atoms with Gasteiger partial charge in [-0.15, -0.1) is 0 Å². The molecule has 3 N–H and O–H groups in total. The Bertz CT molecular complexity index is 528. The maximum Gasteiger partial charge on any atom is 0.168 e. The number of anilines is 1. The van der Waals surface area contributed by atoms with Gasteiger partial charge in [0.2, 0.25) is 0 Å². The molecule has 3 nitrogen and oxygen atoms in total. The molecule has 0 saturated heterocycles. The van der Waals surface area contributed by atoms with Crippen LogP contribution in [0.1, 0.15) is 5.69 Å². The summed E-state index contributed by atoms with van der Waals surface area (Å²) >= 11 is 5.67. The van der Waals surface area contributed by atoms with Gasteiger partial charge in [0, 0.05) is 11.1 Å². The Morgan fingerprint density at radius 1 is 1.47 bits per heavy atom. The molecule has 0 aliphatic rings. The third-order valence-electron chi connectivity index (χ3n) is 2.16. The third-order valence-corrected chi connectivity index (χ3v) is 2.45. The Hall–Kier alpha value is -1.39. The summed E-state index contributed by atoms with van der Waals surface area (Å²) in [5.41, 5.74) is 4.05. The first-order valence-corrected chi connectivity index (χ1v) is 4.73. The molecule has 5 heteroatoms. The molecule has 0 aliphatic carbocycles. The van der Waals surface area contributed by atoms with Gasteiger partial charge >= 0.3 is 0 Å². The highest BCUT2D eigenvalue weighted by atomic mass is 35.5. The smallest absolute Gasteiger partial charge is 0.168 e. The van der Waals surface area contributed by atoms with Gasteiger partial charge in [0.1, 0.15) is 5.52 Å². The van der Waals surface area contributed by atoms with Crippen LogP contribution in [0.5, 0.6) is 0 Å². The lowest BCUT2D eigenvalue weighted by atomic mass is 10.1. The summed E-state index contributed by atoms with van der Waals surface area (Å²) in [4.78, 5) is 4.09. The van der Waals surface area contributed by atoms with Crippen molar-refractivity contribution < 1.29 is 4.39 Å². The molecule has 2 rings (SSSR count). The number of nitrogens with zero attached hydrogens (tertiary/aromatic N) is 1. The Kier molecular flexibility index (Phi) is 2.46. The Labute approximate surface area is 91.0 Å². The second-order valence-electron chi connectivity index (χ2n) is 3.21. The lowest BCUT2D eigenvalue weighted by Crippen LogP contribution is -2.08. The van der Waals surface area contributed by atoms with Crippen LogP contribution in [0.3, 0.4) is 0 Å². The second-order valence-corrected chi connectivity index (χ2v) is 3.62. The van der Waals surface area contributed by atoms with E-state index in [1.807, 2.05) is 0 Å². The summed E-state index contributed by atoms with van der Waals surface area (Å²) in [5.74, 6) is 4.82. The predicted octanol–water partition coefficient (Wildman–Crippen LogP) is 2.62. The van der Waals surface area contributed by atoms with Gasteiger partial charge in [0.15, 0.2) is 5.82 Å². The number of nitrogens with two attached hydrogens (primary N) is 1. The summed E-state index contributed by atoms with van der Waals surface area (Å²) in [6.07, 6.45) is 0. The van der Waals surface area contributed by atoms with Gasteiger partial charge in [0.25, 0.3) is 0 Å². The maximum absolute atomic E-state index is 13.6. The molecule has 0 amide bonds. The lowest BCUT2D eigenvalue weighted by molar-refractivity contribution is 0.637. The fraction of sp³-hybridized carbons (Fsp3) is 0.100. The first kappa shape index (κ1) is 10.1. The van der Waals surface area contributed by atoms with Crippen molar-refractivity contribution in [1.29, 1.82) is 0 Å². The number of benzene rings is 1. The molecule has 2 aromatic rings. The average Bonchev–Trinajstić information content (AvgIpc) is 2.23. The van der Waals surface area contributed by atoms with Gasteiger partial charge in [-0.1, -0.05) is 11.6 Å². The zero-order chi connectivity index (χ0) is 11.0. The van der Waals surface area contributed by atoms with Crippen molar-refractivity contribution in [2.24, 2.45) is 5.84 Å². The molecule has 0 unspecified atom stereocenters. The minimum Gasteiger partial charge on any atom is -0.323 e. The first-order valence-electron chi connectivity index (χ1n) is 4.35. The van der Waals surface area contributed by atoms with Crippen molar-refractivity contribution in [3.63, 3.8) is 0 Å². The van der Waals surface area contributed by atoms with Crippen LogP contribution in [0.4, 0.5) is 10.1 Å². The van der Waals surface area contributed by atoms with Crippen LogP contribution in [0.15, 0.2) is 18.2 Å². The summed E-state index contributed by atoms with van der Waals surface area (Å²) in [5, 5.41) is 0.675. The van der Waals surface area contributed by atoms with E-state index in [0.717, 1.165) is 0 Å². The van der Waals surface area contributed by atoms with Crippen LogP contribution in [0.25, 0.3) is 10.9 Å². The number of nitrogens with one attached hydrogen (secondary N) is 1. The van der Waals surface area contributed by atoms with E-state index in [9.17, 15) is 4.39 Å². The van der Waals surface area contributed by atoms with E-state index in [-0.39, 0.29) is 10.5 Å². The Balaban J connectivity index is 2.89. The van der Waals surface area contributed by atoms with Crippen molar-refractivity contribution in [2.75, 3.05) is 5.43 Å². The van der Waals surface area contributed by atoms with Gasteiger partial charge in [-0.2, -0.15) is 0 Å². The van der Waals surface area contributed by atoms with Crippen molar-refractivity contribution >= 4 is 28.2 Å². The zero-order valence-corrected chi connectivity index (χ0v) is 8.77. The van der Waals surface area contributed by atoms with Gasteiger partial charge < -0.3 is 5.43 Å². The van der Waals surface area contributed by atoms with E-state index in [1.165, 1.54) is 6.07 Å². The highest BCUT2D eigenvalue weighted by Gasteiger charge is 2.10. The zero-order valence-electron chi connectivity index (χ0n) is 8.01. The van der Waals surface area contributed by atoms with E-state index in [2.05, 4.69) is 10.4 Å². The number of rotatable bonds is 1. The Morgan fingerprint density at radius 2 is 2.20 bits per heavy atom. The van der Waals surface area contributed by atoms with Gasteiger partial charge in [-0.05, 0) is 25.1 Å². The molecule has 0 bridgehead atoms. The molecule has 0 fully saturated rings. The summed E-state index contributed by atoms with van der Waals surface area (Å²) < 4.78 is 13.6. The van der Waals surface area contributed by atoms with Crippen LogP contribution in [0.2, 0.25) is 5.02 Å². The fourth-order valence-electron chi connectivity index (χ4n) is 1.48. The molecule has 0 atom stereocenters. The van der Waals surface area contributed by atoms with Crippen LogP contribution in [-0.2, 0) is 0 Å². The minimum atomic E-state index is -0.519. The number of hydrazine groups is 1. The average molecular weight is 226 g/mol. The number of halogens is 2. The summed E-state index contributed by atoms with van der Waals surface area (Å²) in [6.45, 7) is 1.76. The molecule has 0 saturated carbocycles. The van der Waals surface area contributed by atoms with E-state index in [4.69, 9.17) is 17.4 Å². The number of hydrogen-bond donors (Lipinski definition) is 2. The van der Waals surface area contributed by atoms with Crippen molar-refractivity contribution in [3.05, 3.63) is 34.7 Å². The summed E-state index contributed by atoms with van der Waals surface area (Å²) in [7, 11) is 0. The van der Waals surface area contributed by atoms with E-state index in [0.29, 0.717) is 16.8 Å². The number of pyridine rings is 1. The molecule has 78 valence electrons. The van der Waals surface area contributed by atoms with Gasteiger partial charge in [-0.3, -0.25) is 5.84 Å². The maximum atomic E-state index is 13.6. The molecular formula is C10H9ClFN3. The number of aromatic nitrogens is 1. The number of hydrogen-bond acceptors (Lipinski definition) is 3. The van der Waals surface area contributed by atoms with Crippen LogP contribution >= 0.6 is 11.6 Å². The first-order chi connectivity index (χ1) is 7.13. The second kappa shape index (κ2) is 3.64. The van der Waals surface area contributed by atoms with Crippen molar-refractivity contribution in [1.82, 2.24) is 4.98 Å². The SMILES string of the molecule is Cc1cc(NN)c2ccc(Cl)c(F)c2n1. The molecule has 1 aromatic heterocycles. The molecule has 0 spiro atoms. The monoisotopic (exact) mass is 225 g/mol. The molecule has 1 heterocycles. The van der Waals surface area contributed by atoms with Gasteiger partial charge in [0.05, 0.1) is 10.7 Å². The number of fused-ring (bicyclic) bond motifs is 1. The standard InChI is InChI=1S/C10H9ClFN3/c1-5-4-8(15-13)6-2-3-7(11)9(12)10(6)14-5/h2-4H,13H2,1H3,(H,14,15). The van der Waals surface area contributed by atoms with Crippen molar-refractivity contribution in [2.45, 2.75) is 6.92 Å². The van der Waals surface area contributed by atoms with Crippen molar-refractivity contribution in [3.8, 4) is 0 Å². The predicted molar refractivity (Wildman–Crippen MR) is 59.3 cm³/mol. The topological polar surface area (TPSA) is 50.9 Å². The van der Waals surface area contributed by atoms with E-state index in [1.54, 1.807) is 19.1 Å². The van der Waals surface area contributed by atoms with Crippen LogP contribution in [0, 0.1) is 12.7 Å². The molecule has 0 aliphatic heterocycles. The molecule has 1 aromatic carbocycles. The fourth-order valence-corrected chi connectivity index (χ4v) is 1.63. The molecule has 15 heavy (non-hydrogen) atoms. The largest absolute Gasteiger partial charge is 0.323 e. The Morgan fingerprint density at radius 3 is 2.87 bits per heavy atom. The number of nitrogen functional groups attached to an aromatic ring is 1. The van der Waals surface area contributed by atoms with E-state index >= 15 is 0 Å². The van der Waals surface area contributed by atoms with E-state index < -0.39 is 5.82 Å². The quantitative estimate of drug-likeness (QED) is 0.580. The highest BCUT2D eigenvalue weighted by Crippen LogP contribution is 2.28. The molecule has 0 radical (unpaired) electrons. The highest BCUT2D eigenvalue weighted by molar-refractivity contribution is 6.31. The summed E-state index contributed by atoms with van der Waals surface area (Å²) in [6, 6.07) is 4.91. The third kappa shape index (κ3) is 1.62. The van der Waals surface area contributed by atoms with Gasteiger partial charge in [-0.25, -0.2) is 9.37 Å². The molecular weight excluding hydrogens is 217 g/mol.